The SMILES string of the molecule is CN=C(NCc1csc2ccccc12)NCC(C)(O)c1ccco1. The van der Waals surface area contributed by atoms with Gasteiger partial charge in [-0.05, 0) is 41.5 Å². The standard InChI is InChI=1S/C18H21N3O2S/c1-18(22,16-8-5-9-23-16)12-21-17(19-2)20-10-13-11-24-15-7-4-3-6-14(13)15/h3-9,11,22H,10,12H2,1-2H3,(H2,19,20,21). The van der Waals surface area contributed by atoms with E-state index in [1.54, 1.807) is 43.7 Å². The molecule has 0 radical (unpaired) electrons. The summed E-state index contributed by atoms with van der Waals surface area (Å²) >= 11 is 1.74. The van der Waals surface area contributed by atoms with Crippen molar-refractivity contribution in [3.63, 3.8) is 0 Å². The first-order chi connectivity index (χ1) is 11.6. The van der Waals surface area contributed by atoms with Crippen LogP contribution in [0.3, 0.4) is 0 Å². The number of guanidine groups is 1. The molecule has 0 spiro atoms. The number of aliphatic hydroxyl groups is 1. The van der Waals surface area contributed by atoms with Crippen LogP contribution >= 0.6 is 11.3 Å². The summed E-state index contributed by atoms with van der Waals surface area (Å²) in [5, 5.41) is 20.3. The number of nitrogens with zero attached hydrogens (tertiary/aromatic N) is 1. The van der Waals surface area contributed by atoms with Crippen molar-refractivity contribution in [1.82, 2.24) is 10.6 Å². The van der Waals surface area contributed by atoms with E-state index in [1.165, 1.54) is 15.6 Å². The van der Waals surface area contributed by atoms with Gasteiger partial charge in [-0.25, -0.2) is 0 Å². The summed E-state index contributed by atoms with van der Waals surface area (Å²) in [5.74, 6) is 1.16. The van der Waals surface area contributed by atoms with Gasteiger partial charge in [0.15, 0.2) is 5.96 Å². The van der Waals surface area contributed by atoms with Crippen molar-refractivity contribution in [2.24, 2.45) is 4.99 Å². The van der Waals surface area contributed by atoms with Gasteiger partial charge in [0.05, 0.1) is 12.8 Å². The Morgan fingerprint density at radius 3 is 2.83 bits per heavy atom. The maximum absolute atomic E-state index is 10.5. The lowest BCUT2D eigenvalue weighted by molar-refractivity contribution is 0.0386. The molecule has 6 heteroatoms. The molecule has 1 atom stereocenters. The lowest BCUT2D eigenvalue weighted by Gasteiger charge is -2.22. The third kappa shape index (κ3) is 3.60. The highest BCUT2D eigenvalue weighted by atomic mass is 32.1. The van der Waals surface area contributed by atoms with Gasteiger partial charge in [0, 0.05) is 18.3 Å². The van der Waals surface area contributed by atoms with Crippen LogP contribution in [-0.2, 0) is 12.1 Å². The Kier molecular flexibility index (Phi) is 4.87. The van der Waals surface area contributed by atoms with Crippen LogP contribution in [0, 0.1) is 0 Å². The van der Waals surface area contributed by atoms with Crippen LogP contribution < -0.4 is 10.6 Å². The molecule has 0 bridgehead atoms. The molecule has 1 unspecified atom stereocenters. The van der Waals surface area contributed by atoms with E-state index in [9.17, 15) is 5.11 Å². The Hall–Kier alpha value is -2.31. The van der Waals surface area contributed by atoms with Crippen molar-refractivity contribution in [3.8, 4) is 0 Å². The van der Waals surface area contributed by atoms with Gasteiger partial charge in [0.2, 0.25) is 0 Å². The van der Waals surface area contributed by atoms with Crippen LogP contribution in [-0.4, -0.2) is 24.7 Å². The molecule has 3 rings (SSSR count). The van der Waals surface area contributed by atoms with E-state index >= 15 is 0 Å². The van der Waals surface area contributed by atoms with E-state index in [0.717, 1.165) is 0 Å². The maximum Gasteiger partial charge on any atom is 0.191 e. The van der Waals surface area contributed by atoms with Gasteiger partial charge in [0.25, 0.3) is 0 Å². The minimum absolute atomic E-state index is 0.296. The average molecular weight is 343 g/mol. The van der Waals surface area contributed by atoms with Gasteiger partial charge in [-0.1, -0.05) is 18.2 Å². The summed E-state index contributed by atoms with van der Waals surface area (Å²) in [5.41, 5.74) is 0.132. The molecule has 0 aliphatic carbocycles. The molecule has 1 aromatic carbocycles. The van der Waals surface area contributed by atoms with E-state index in [2.05, 4.69) is 33.1 Å². The quantitative estimate of drug-likeness (QED) is 0.492. The summed E-state index contributed by atoms with van der Waals surface area (Å²) in [7, 11) is 1.71. The maximum atomic E-state index is 10.5. The summed E-state index contributed by atoms with van der Waals surface area (Å²) in [6.45, 7) is 2.68. The van der Waals surface area contributed by atoms with Gasteiger partial charge in [0.1, 0.15) is 11.4 Å². The number of benzene rings is 1. The second kappa shape index (κ2) is 7.07. The molecule has 126 valence electrons. The Morgan fingerprint density at radius 1 is 1.25 bits per heavy atom. The van der Waals surface area contributed by atoms with E-state index in [-0.39, 0.29) is 0 Å². The normalized spacial score (nSPS) is 14.5. The van der Waals surface area contributed by atoms with Crippen LogP contribution in [0.1, 0.15) is 18.2 Å². The zero-order valence-corrected chi connectivity index (χ0v) is 14.6. The smallest absolute Gasteiger partial charge is 0.191 e. The van der Waals surface area contributed by atoms with E-state index in [4.69, 9.17) is 4.42 Å². The fourth-order valence-corrected chi connectivity index (χ4v) is 3.46. The number of nitrogens with one attached hydrogen (secondary N) is 2. The number of hydrogen-bond acceptors (Lipinski definition) is 4. The van der Waals surface area contributed by atoms with Crippen molar-refractivity contribution in [3.05, 3.63) is 59.4 Å². The number of hydrogen-bond donors (Lipinski definition) is 3. The van der Waals surface area contributed by atoms with Gasteiger partial charge in [-0.3, -0.25) is 4.99 Å². The molecule has 2 aromatic heterocycles. The number of fused-ring (bicyclic) bond motifs is 1. The lowest BCUT2D eigenvalue weighted by atomic mass is 10.0. The van der Waals surface area contributed by atoms with E-state index in [1.807, 2.05) is 12.1 Å². The Morgan fingerprint density at radius 2 is 2.08 bits per heavy atom. The highest BCUT2D eigenvalue weighted by Gasteiger charge is 2.26. The predicted molar refractivity (Wildman–Crippen MR) is 98.3 cm³/mol. The van der Waals surface area contributed by atoms with Crippen LogP contribution in [0.2, 0.25) is 0 Å². The van der Waals surface area contributed by atoms with Crippen LogP contribution in [0.5, 0.6) is 0 Å². The highest BCUT2D eigenvalue weighted by molar-refractivity contribution is 7.17. The topological polar surface area (TPSA) is 69.8 Å². The van der Waals surface area contributed by atoms with Crippen molar-refractivity contribution >= 4 is 27.4 Å². The van der Waals surface area contributed by atoms with Gasteiger partial charge in [-0.2, -0.15) is 0 Å². The van der Waals surface area contributed by atoms with Crippen molar-refractivity contribution in [1.29, 1.82) is 0 Å². The monoisotopic (exact) mass is 343 g/mol. The molecule has 0 fully saturated rings. The number of furan rings is 1. The third-order valence-electron chi connectivity index (χ3n) is 3.88. The Bertz CT molecular complexity index is 822. The molecule has 3 N–H and O–H groups in total. The summed E-state index contributed by atoms with van der Waals surface area (Å²) in [6, 6.07) is 11.9. The second-order valence-corrected chi connectivity index (χ2v) is 6.70. The number of rotatable bonds is 5. The van der Waals surface area contributed by atoms with E-state index in [0.29, 0.717) is 24.8 Å². The Balaban J connectivity index is 1.59. The minimum Gasteiger partial charge on any atom is -0.466 e. The summed E-state index contributed by atoms with van der Waals surface area (Å²) in [4.78, 5) is 4.21. The summed E-state index contributed by atoms with van der Waals surface area (Å²) < 4.78 is 6.56. The molecular weight excluding hydrogens is 322 g/mol. The molecular formula is C18H21N3O2S. The largest absolute Gasteiger partial charge is 0.466 e. The molecule has 0 aliphatic rings. The third-order valence-corrected chi connectivity index (χ3v) is 4.90. The minimum atomic E-state index is -1.10. The zero-order chi connectivity index (χ0) is 17.0. The first-order valence-electron chi connectivity index (χ1n) is 7.76. The van der Waals surface area contributed by atoms with Crippen LogP contribution in [0.15, 0.2) is 57.5 Å². The molecule has 0 saturated carbocycles. The van der Waals surface area contributed by atoms with Gasteiger partial charge in [-0.15, -0.1) is 11.3 Å². The number of aliphatic imine (C=N–C) groups is 1. The molecule has 0 aliphatic heterocycles. The molecule has 0 saturated heterocycles. The molecule has 3 aromatic rings. The van der Waals surface area contributed by atoms with Crippen molar-refractivity contribution in [2.75, 3.05) is 13.6 Å². The Labute approximate surface area is 145 Å². The van der Waals surface area contributed by atoms with Gasteiger partial charge >= 0.3 is 0 Å². The van der Waals surface area contributed by atoms with Crippen LogP contribution in [0.4, 0.5) is 0 Å². The first kappa shape index (κ1) is 16.5. The molecule has 24 heavy (non-hydrogen) atoms. The van der Waals surface area contributed by atoms with E-state index < -0.39 is 5.60 Å². The lowest BCUT2D eigenvalue weighted by Crippen LogP contribution is -2.44. The predicted octanol–water partition coefficient (Wildman–Crippen LogP) is 3.07. The average Bonchev–Trinajstić information content (AvgIpc) is 3.25. The fraction of sp³-hybridized carbons (Fsp3) is 0.278. The molecule has 0 amide bonds. The number of thiophene rings is 1. The highest BCUT2D eigenvalue weighted by Crippen LogP contribution is 2.25. The summed E-state index contributed by atoms with van der Waals surface area (Å²) in [6.07, 6.45) is 1.55. The fourth-order valence-electron chi connectivity index (χ4n) is 2.50. The first-order valence-corrected chi connectivity index (χ1v) is 8.64. The van der Waals surface area contributed by atoms with Gasteiger partial charge < -0.3 is 20.2 Å². The second-order valence-electron chi connectivity index (χ2n) is 5.79. The zero-order valence-electron chi connectivity index (χ0n) is 13.7. The van der Waals surface area contributed by atoms with Crippen molar-refractivity contribution < 1.29 is 9.52 Å². The van der Waals surface area contributed by atoms with Crippen LogP contribution in [0.25, 0.3) is 10.1 Å². The molecule has 2 heterocycles. The molecule has 5 nitrogen and oxygen atoms in total. The van der Waals surface area contributed by atoms with Crippen molar-refractivity contribution in [2.45, 2.75) is 19.1 Å².